The van der Waals surface area contributed by atoms with Crippen LogP contribution < -0.4 is 15.4 Å². The van der Waals surface area contributed by atoms with Crippen molar-refractivity contribution in [1.29, 1.82) is 0 Å². The highest BCUT2D eigenvalue weighted by atomic mass is 16.5. The number of carbonyl (C=O) groups excluding carboxylic acids is 2. The van der Waals surface area contributed by atoms with E-state index in [2.05, 4.69) is 15.4 Å². The first kappa shape index (κ1) is 21.5. The number of amides is 1. The molecule has 1 rings (SSSR count). The standard InChI is InChI=1S/C20H30N2O4.H2/c1-7-17(19(24)22-20(4,5)10-9-18(23)25-6)26-16-12-14(3)11-15(13-16)21-8-2;/h9-13,17,21H,7-8H2,1-6H3,(H,22,24);1H/b10-9+;. The highest BCUT2D eigenvalue weighted by Gasteiger charge is 2.25. The van der Waals surface area contributed by atoms with Gasteiger partial charge in [0.15, 0.2) is 6.10 Å². The molecule has 0 saturated carbocycles. The number of nitrogens with one attached hydrogen (secondary N) is 2. The van der Waals surface area contributed by atoms with Crippen molar-refractivity contribution < 1.29 is 20.5 Å². The minimum atomic E-state index is -0.705. The number of benzene rings is 1. The molecule has 2 N–H and O–H groups in total. The van der Waals surface area contributed by atoms with Crippen molar-refractivity contribution in [3.05, 3.63) is 35.9 Å². The van der Waals surface area contributed by atoms with E-state index in [9.17, 15) is 9.59 Å². The molecule has 0 radical (unpaired) electrons. The number of ether oxygens (including phenoxy) is 2. The molecule has 0 heterocycles. The first-order chi connectivity index (χ1) is 12.2. The van der Waals surface area contributed by atoms with Gasteiger partial charge in [0.05, 0.1) is 12.6 Å². The van der Waals surface area contributed by atoms with Crippen molar-refractivity contribution in [3.63, 3.8) is 0 Å². The smallest absolute Gasteiger partial charge is 0.330 e. The highest BCUT2D eigenvalue weighted by Crippen LogP contribution is 2.22. The van der Waals surface area contributed by atoms with Crippen LogP contribution in [0.3, 0.4) is 0 Å². The molecule has 0 aromatic heterocycles. The molecule has 0 spiro atoms. The molecule has 146 valence electrons. The second-order valence-corrected chi connectivity index (χ2v) is 6.65. The zero-order valence-electron chi connectivity index (χ0n) is 16.5. The van der Waals surface area contributed by atoms with Crippen LogP contribution in [0.5, 0.6) is 5.75 Å². The summed E-state index contributed by atoms with van der Waals surface area (Å²) in [5.41, 5.74) is 1.30. The van der Waals surface area contributed by atoms with E-state index in [1.165, 1.54) is 13.2 Å². The Morgan fingerprint density at radius 2 is 1.96 bits per heavy atom. The fourth-order valence-corrected chi connectivity index (χ4v) is 2.39. The van der Waals surface area contributed by atoms with Crippen LogP contribution >= 0.6 is 0 Å². The Morgan fingerprint density at radius 3 is 2.54 bits per heavy atom. The van der Waals surface area contributed by atoms with E-state index < -0.39 is 17.6 Å². The van der Waals surface area contributed by atoms with Crippen LogP contribution in [0.15, 0.2) is 30.4 Å². The fourth-order valence-electron chi connectivity index (χ4n) is 2.39. The molecular formula is C20H32N2O4. The van der Waals surface area contributed by atoms with Gasteiger partial charge in [-0.15, -0.1) is 0 Å². The summed E-state index contributed by atoms with van der Waals surface area (Å²) in [6, 6.07) is 5.81. The number of aryl methyl sites for hydroxylation is 1. The van der Waals surface area contributed by atoms with Gasteiger partial charge in [-0.05, 0) is 51.8 Å². The summed E-state index contributed by atoms with van der Waals surface area (Å²) in [6.07, 6.45) is 2.79. The summed E-state index contributed by atoms with van der Waals surface area (Å²) in [6.45, 7) is 10.3. The fraction of sp³-hybridized carbons (Fsp3) is 0.500. The molecule has 0 aliphatic heterocycles. The first-order valence-electron chi connectivity index (χ1n) is 8.82. The number of carbonyl (C=O) groups is 2. The van der Waals surface area contributed by atoms with Crippen molar-refractivity contribution in [2.24, 2.45) is 0 Å². The minimum absolute atomic E-state index is 0. The normalized spacial score (nSPS) is 12.5. The lowest BCUT2D eigenvalue weighted by atomic mass is 10.0. The molecule has 26 heavy (non-hydrogen) atoms. The number of anilines is 1. The van der Waals surface area contributed by atoms with E-state index in [4.69, 9.17) is 4.74 Å². The number of esters is 1. The molecule has 1 unspecified atom stereocenters. The van der Waals surface area contributed by atoms with Crippen LogP contribution in [0, 0.1) is 6.92 Å². The summed E-state index contributed by atoms with van der Waals surface area (Å²) in [7, 11) is 1.31. The molecule has 1 amide bonds. The topological polar surface area (TPSA) is 76.7 Å². The lowest BCUT2D eigenvalue weighted by molar-refractivity contribution is -0.135. The molecule has 1 aromatic rings. The third-order valence-corrected chi connectivity index (χ3v) is 3.66. The molecule has 0 bridgehead atoms. The van der Waals surface area contributed by atoms with Crippen molar-refractivity contribution in [2.75, 3.05) is 19.0 Å². The van der Waals surface area contributed by atoms with Crippen LogP contribution in [0.2, 0.25) is 0 Å². The van der Waals surface area contributed by atoms with Crippen LogP contribution in [0.1, 0.15) is 41.1 Å². The van der Waals surface area contributed by atoms with Crippen molar-refractivity contribution in [1.82, 2.24) is 5.32 Å². The first-order valence-corrected chi connectivity index (χ1v) is 8.82. The maximum Gasteiger partial charge on any atom is 0.330 e. The lowest BCUT2D eigenvalue weighted by Gasteiger charge is -2.26. The van der Waals surface area contributed by atoms with Gasteiger partial charge < -0.3 is 20.1 Å². The van der Waals surface area contributed by atoms with Crippen LogP contribution in [0.4, 0.5) is 5.69 Å². The predicted molar refractivity (Wildman–Crippen MR) is 106 cm³/mol. The van der Waals surface area contributed by atoms with Gasteiger partial charge in [0.25, 0.3) is 5.91 Å². The number of methoxy groups -OCH3 is 1. The van der Waals surface area contributed by atoms with Gasteiger partial charge in [0.1, 0.15) is 5.75 Å². The van der Waals surface area contributed by atoms with Gasteiger partial charge >= 0.3 is 5.97 Å². The number of rotatable bonds is 9. The molecule has 0 fully saturated rings. The van der Waals surface area contributed by atoms with Crippen molar-refractivity contribution in [3.8, 4) is 5.75 Å². The van der Waals surface area contributed by atoms with Gasteiger partial charge in [-0.1, -0.05) is 13.0 Å². The zero-order chi connectivity index (χ0) is 19.7. The Bertz CT molecular complexity index is 659. The van der Waals surface area contributed by atoms with E-state index >= 15 is 0 Å². The summed E-state index contributed by atoms with van der Waals surface area (Å²) >= 11 is 0. The Kier molecular flexibility index (Phi) is 8.16. The minimum Gasteiger partial charge on any atom is -0.481 e. The SMILES string of the molecule is CCNc1cc(C)cc(OC(CC)C(=O)NC(C)(C)/C=C/C(=O)OC)c1.[HH]. The van der Waals surface area contributed by atoms with Crippen LogP contribution in [0.25, 0.3) is 0 Å². The van der Waals surface area contributed by atoms with Gasteiger partial charge in [-0.2, -0.15) is 0 Å². The van der Waals surface area contributed by atoms with Gasteiger partial charge in [-0.3, -0.25) is 4.79 Å². The molecule has 0 saturated heterocycles. The Balaban J connectivity index is 0.00000676. The van der Waals surface area contributed by atoms with E-state index in [0.717, 1.165) is 17.8 Å². The monoisotopic (exact) mass is 364 g/mol. The molecule has 6 heteroatoms. The van der Waals surface area contributed by atoms with Crippen LogP contribution in [-0.2, 0) is 14.3 Å². The van der Waals surface area contributed by atoms with E-state index in [0.29, 0.717) is 12.2 Å². The average Bonchev–Trinajstić information content (AvgIpc) is 2.57. The zero-order valence-corrected chi connectivity index (χ0v) is 16.5. The third kappa shape index (κ3) is 7.17. The quantitative estimate of drug-likeness (QED) is 0.518. The molecule has 0 aliphatic rings. The number of hydrogen-bond donors (Lipinski definition) is 2. The Labute approximate surface area is 157 Å². The number of hydrogen-bond acceptors (Lipinski definition) is 5. The maximum absolute atomic E-state index is 12.6. The lowest BCUT2D eigenvalue weighted by Crippen LogP contribution is -2.48. The average molecular weight is 364 g/mol. The Hall–Kier alpha value is -2.50. The molecular weight excluding hydrogens is 332 g/mol. The molecule has 6 nitrogen and oxygen atoms in total. The molecule has 1 atom stereocenters. The van der Waals surface area contributed by atoms with Gasteiger partial charge in [0, 0.05) is 25.8 Å². The second kappa shape index (κ2) is 9.85. The van der Waals surface area contributed by atoms with Crippen molar-refractivity contribution in [2.45, 2.75) is 52.7 Å². The summed E-state index contributed by atoms with van der Waals surface area (Å²) in [4.78, 5) is 23.8. The van der Waals surface area contributed by atoms with Crippen molar-refractivity contribution >= 4 is 17.6 Å². The maximum atomic E-state index is 12.6. The molecule has 0 aliphatic carbocycles. The van der Waals surface area contributed by atoms with Crippen LogP contribution in [-0.4, -0.2) is 37.2 Å². The predicted octanol–water partition coefficient (Wildman–Crippen LogP) is 3.45. The Morgan fingerprint density at radius 1 is 1.27 bits per heavy atom. The van der Waals surface area contributed by atoms with E-state index in [1.807, 2.05) is 39.0 Å². The third-order valence-electron chi connectivity index (χ3n) is 3.66. The van der Waals surface area contributed by atoms with E-state index in [-0.39, 0.29) is 7.33 Å². The van der Waals surface area contributed by atoms with E-state index in [1.54, 1.807) is 19.9 Å². The second-order valence-electron chi connectivity index (χ2n) is 6.65. The van der Waals surface area contributed by atoms with Gasteiger partial charge in [-0.25, -0.2) is 4.79 Å². The molecule has 1 aromatic carbocycles. The summed E-state index contributed by atoms with van der Waals surface area (Å²) < 4.78 is 10.5. The highest BCUT2D eigenvalue weighted by molar-refractivity contribution is 5.84. The largest absolute Gasteiger partial charge is 0.481 e. The summed E-state index contributed by atoms with van der Waals surface area (Å²) in [5.74, 6) is -0.0595. The summed E-state index contributed by atoms with van der Waals surface area (Å²) in [5, 5.41) is 6.13. The van der Waals surface area contributed by atoms with Gasteiger partial charge in [0.2, 0.25) is 0 Å².